The number of nitrogens with zero attached hydrogens (tertiary/aromatic N) is 2. The third-order valence-corrected chi connectivity index (χ3v) is 2.94. The van der Waals surface area contributed by atoms with Crippen LogP contribution in [-0.4, -0.2) is 26.9 Å². The molecule has 2 rings (SSSR count). The van der Waals surface area contributed by atoms with E-state index in [0.29, 0.717) is 0 Å². The SMILES string of the molecule is Cc1c(CO)cnn1C1CNC1Cl.Cl. The molecule has 2 heterocycles. The van der Waals surface area contributed by atoms with Crippen LogP contribution in [0.4, 0.5) is 0 Å². The van der Waals surface area contributed by atoms with Gasteiger partial charge in [-0.15, -0.1) is 24.0 Å². The lowest BCUT2D eigenvalue weighted by molar-refractivity contribution is 0.271. The van der Waals surface area contributed by atoms with Crippen LogP contribution in [0.5, 0.6) is 0 Å². The number of hydrogen-bond acceptors (Lipinski definition) is 3. The van der Waals surface area contributed by atoms with E-state index >= 15 is 0 Å². The Hall–Kier alpha value is -0.290. The first-order valence-corrected chi connectivity index (χ1v) is 4.69. The van der Waals surface area contributed by atoms with Crippen LogP contribution in [0.25, 0.3) is 0 Å². The van der Waals surface area contributed by atoms with Gasteiger partial charge in [0.2, 0.25) is 0 Å². The minimum absolute atomic E-state index is 0. The Kier molecular flexibility index (Phi) is 3.78. The maximum atomic E-state index is 8.97. The summed E-state index contributed by atoms with van der Waals surface area (Å²) in [7, 11) is 0. The lowest BCUT2D eigenvalue weighted by Crippen LogP contribution is -2.50. The van der Waals surface area contributed by atoms with Crippen LogP contribution in [0, 0.1) is 6.92 Å². The van der Waals surface area contributed by atoms with Crippen molar-refractivity contribution in [3.05, 3.63) is 17.5 Å². The van der Waals surface area contributed by atoms with Gasteiger partial charge in [0, 0.05) is 17.8 Å². The number of aromatic nitrogens is 2. The molecule has 0 bridgehead atoms. The van der Waals surface area contributed by atoms with Crippen LogP contribution in [0.3, 0.4) is 0 Å². The summed E-state index contributed by atoms with van der Waals surface area (Å²) in [6.07, 6.45) is 1.69. The summed E-state index contributed by atoms with van der Waals surface area (Å²) in [6, 6.07) is 0.224. The molecule has 1 aliphatic heterocycles. The zero-order valence-corrected chi connectivity index (χ0v) is 9.35. The molecule has 0 amide bonds. The summed E-state index contributed by atoms with van der Waals surface area (Å²) >= 11 is 5.94. The summed E-state index contributed by atoms with van der Waals surface area (Å²) in [5.74, 6) is 0. The minimum atomic E-state index is -0.0369. The molecular formula is C8H13Cl2N3O. The lowest BCUT2D eigenvalue weighted by Gasteiger charge is -2.34. The average Bonchev–Trinajstić information content (AvgIpc) is 2.46. The van der Waals surface area contributed by atoms with Gasteiger partial charge in [-0.3, -0.25) is 10.00 Å². The molecule has 1 aliphatic rings. The Bertz CT molecular complexity index is 316. The van der Waals surface area contributed by atoms with Crippen LogP contribution in [0.2, 0.25) is 0 Å². The fourth-order valence-electron chi connectivity index (χ4n) is 1.47. The second-order valence-electron chi connectivity index (χ2n) is 3.24. The largest absolute Gasteiger partial charge is 0.392 e. The number of nitrogens with one attached hydrogen (secondary N) is 1. The Labute approximate surface area is 93.7 Å². The van der Waals surface area contributed by atoms with E-state index in [1.165, 1.54) is 0 Å². The highest BCUT2D eigenvalue weighted by Gasteiger charge is 2.31. The molecule has 1 aromatic heterocycles. The number of hydrogen-bond donors (Lipinski definition) is 2. The van der Waals surface area contributed by atoms with E-state index in [2.05, 4.69) is 10.4 Å². The maximum absolute atomic E-state index is 8.97. The molecule has 2 unspecified atom stereocenters. The van der Waals surface area contributed by atoms with Gasteiger partial charge in [0.15, 0.2) is 0 Å². The number of aliphatic hydroxyl groups is 1. The van der Waals surface area contributed by atoms with Crippen molar-refractivity contribution >= 4 is 24.0 Å². The maximum Gasteiger partial charge on any atom is 0.107 e. The number of halogens is 2. The Balaban J connectivity index is 0.000000980. The summed E-state index contributed by atoms with van der Waals surface area (Å²) in [5.41, 5.74) is 1.83. The fraction of sp³-hybridized carbons (Fsp3) is 0.625. The van der Waals surface area contributed by atoms with Crippen LogP contribution in [-0.2, 0) is 6.61 Å². The van der Waals surface area contributed by atoms with Gasteiger partial charge in [-0.2, -0.15) is 5.10 Å². The molecule has 80 valence electrons. The monoisotopic (exact) mass is 237 g/mol. The van der Waals surface area contributed by atoms with Gasteiger partial charge in [0.05, 0.1) is 18.8 Å². The number of rotatable bonds is 2. The van der Waals surface area contributed by atoms with Crippen LogP contribution in [0.1, 0.15) is 17.3 Å². The molecule has 0 aliphatic carbocycles. The Morgan fingerprint density at radius 3 is 2.86 bits per heavy atom. The van der Waals surface area contributed by atoms with E-state index in [0.717, 1.165) is 17.8 Å². The van der Waals surface area contributed by atoms with Crippen LogP contribution in [0.15, 0.2) is 6.20 Å². The van der Waals surface area contributed by atoms with Crippen molar-refractivity contribution in [2.24, 2.45) is 0 Å². The minimum Gasteiger partial charge on any atom is -0.392 e. The molecule has 1 fully saturated rings. The molecule has 0 radical (unpaired) electrons. The lowest BCUT2D eigenvalue weighted by atomic mass is 10.1. The summed E-state index contributed by atoms with van der Waals surface area (Å²) in [6.45, 7) is 2.83. The van der Waals surface area contributed by atoms with Gasteiger partial charge >= 0.3 is 0 Å². The predicted molar refractivity (Wildman–Crippen MR) is 56.8 cm³/mol. The third kappa shape index (κ3) is 1.75. The molecule has 0 aromatic carbocycles. The quantitative estimate of drug-likeness (QED) is 0.592. The first kappa shape index (κ1) is 11.8. The molecule has 1 saturated heterocycles. The van der Waals surface area contributed by atoms with E-state index in [-0.39, 0.29) is 30.6 Å². The van der Waals surface area contributed by atoms with Crippen LogP contribution < -0.4 is 5.32 Å². The highest BCUT2D eigenvalue weighted by atomic mass is 35.5. The number of aliphatic hydroxyl groups excluding tert-OH is 1. The predicted octanol–water partition coefficient (Wildman–Crippen LogP) is 0.815. The van der Waals surface area contributed by atoms with Crippen molar-refractivity contribution in [1.29, 1.82) is 0 Å². The average molecular weight is 238 g/mol. The molecule has 2 atom stereocenters. The standard InChI is InChI=1S/C8H12ClN3O.ClH/c1-5-6(4-13)2-11-12(5)7-3-10-8(7)9;/h2,7-8,10,13H,3-4H2,1H3;1H. The van der Waals surface area contributed by atoms with Gasteiger partial charge in [-0.1, -0.05) is 0 Å². The zero-order chi connectivity index (χ0) is 9.42. The molecule has 0 spiro atoms. The first-order valence-electron chi connectivity index (χ1n) is 4.25. The normalized spacial score (nSPS) is 25.4. The Morgan fingerprint density at radius 1 is 1.79 bits per heavy atom. The van der Waals surface area contributed by atoms with Gasteiger partial charge in [0.1, 0.15) is 5.50 Å². The molecule has 1 aromatic rings. The number of alkyl halides is 1. The van der Waals surface area contributed by atoms with Crippen molar-refractivity contribution in [2.45, 2.75) is 25.1 Å². The molecule has 4 nitrogen and oxygen atoms in total. The van der Waals surface area contributed by atoms with Crippen molar-refractivity contribution in [3.63, 3.8) is 0 Å². The van der Waals surface area contributed by atoms with Crippen molar-refractivity contribution in [1.82, 2.24) is 15.1 Å². The third-order valence-electron chi connectivity index (χ3n) is 2.49. The highest BCUT2D eigenvalue weighted by molar-refractivity contribution is 6.21. The van der Waals surface area contributed by atoms with Gasteiger partial charge < -0.3 is 5.11 Å². The van der Waals surface area contributed by atoms with E-state index in [9.17, 15) is 0 Å². The fourth-order valence-corrected chi connectivity index (χ4v) is 1.76. The summed E-state index contributed by atoms with van der Waals surface area (Å²) in [5, 5.41) is 16.2. The summed E-state index contributed by atoms with van der Waals surface area (Å²) in [4.78, 5) is 0. The molecule has 6 heteroatoms. The topological polar surface area (TPSA) is 50.1 Å². The second-order valence-corrected chi connectivity index (χ2v) is 3.71. The zero-order valence-electron chi connectivity index (χ0n) is 7.77. The molecule has 2 N–H and O–H groups in total. The smallest absolute Gasteiger partial charge is 0.107 e. The van der Waals surface area contributed by atoms with Gasteiger partial charge in [0.25, 0.3) is 0 Å². The summed E-state index contributed by atoms with van der Waals surface area (Å²) < 4.78 is 1.87. The van der Waals surface area contributed by atoms with Crippen molar-refractivity contribution < 1.29 is 5.11 Å². The molecular weight excluding hydrogens is 225 g/mol. The molecule has 14 heavy (non-hydrogen) atoms. The van der Waals surface area contributed by atoms with E-state index in [1.807, 2.05) is 11.6 Å². The van der Waals surface area contributed by atoms with E-state index < -0.39 is 0 Å². The molecule has 0 saturated carbocycles. The highest BCUT2D eigenvalue weighted by Crippen LogP contribution is 2.24. The Morgan fingerprint density at radius 2 is 2.50 bits per heavy atom. The van der Waals surface area contributed by atoms with E-state index in [1.54, 1.807) is 6.20 Å². The second kappa shape index (κ2) is 4.49. The van der Waals surface area contributed by atoms with E-state index in [4.69, 9.17) is 16.7 Å². The van der Waals surface area contributed by atoms with Crippen molar-refractivity contribution in [3.8, 4) is 0 Å². The van der Waals surface area contributed by atoms with Gasteiger partial charge in [-0.25, -0.2) is 0 Å². The van der Waals surface area contributed by atoms with Gasteiger partial charge in [-0.05, 0) is 6.92 Å². The van der Waals surface area contributed by atoms with Crippen molar-refractivity contribution in [2.75, 3.05) is 6.54 Å². The first-order chi connectivity index (χ1) is 6.24. The van der Waals surface area contributed by atoms with Crippen LogP contribution >= 0.6 is 24.0 Å².